The number of carbonyl (C=O) groups excluding carboxylic acids is 3. The minimum atomic E-state index is -0.602. The van der Waals surface area contributed by atoms with Gasteiger partial charge >= 0.3 is 5.97 Å². The predicted molar refractivity (Wildman–Crippen MR) is 64.1 cm³/mol. The topological polar surface area (TPSA) is 63.7 Å². The van der Waals surface area contributed by atoms with Crippen LogP contribution in [0.1, 0.15) is 12.0 Å². The lowest BCUT2D eigenvalue weighted by atomic mass is 10.1. The van der Waals surface area contributed by atoms with Gasteiger partial charge in [0.15, 0.2) is 5.78 Å². The maximum Gasteiger partial charge on any atom is 0.310 e. The molecule has 6 heteroatoms. The molecule has 1 aliphatic rings. The summed E-state index contributed by atoms with van der Waals surface area (Å²) in [6.07, 6.45) is -0.318. The van der Waals surface area contributed by atoms with Crippen LogP contribution < -0.4 is 4.90 Å². The number of hydrogen-bond donors (Lipinski definition) is 0. The molecule has 2 rings (SSSR count). The van der Waals surface area contributed by atoms with Gasteiger partial charge in [0.2, 0.25) is 5.91 Å². The molecule has 1 aromatic rings. The molecule has 1 saturated heterocycles. The fourth-order valence-electron chi connectivity index (χ4n) is 1.89. The zero-order valence-corrected chi connectivity index (χ0v) is 10.3. The van der Waals surface area contributed by atoms with E-state index in [2.05, 4.69) is 4.74 Å². The van der Waals surface area contributed by atoms with Gasteiger partial charge in [0, 0.05) is 5.69 Å². The van der Waals surface area contributed by atoms with E-state index >= 15 is 0 Å². The number of ketones is 1. The second kappa shape index (κ2) is 5.17. The Labute approximate surface area is 109 Å². The smallest absolute Gasteiger partial charge is 0.310 e. The quantitative estimate of drug-likeness (QED) is 0.600. The van der Waals surface area contributed by atoms with Gasteiger partial charge in [-0.15, -0.1) is 0 Å². The predicted octanol–water partition coefficient (Wildman–Crippen LogP) is 0.847. The highest BCUT2D eigenvalue weighted by Crippen LogP contribution is 2.22. The fourth-order valence-corrected chi connectivity index (χ4v) is 1.89. The van der Waals surface area contributed by atoms with Crippen molar-refractivity contribution < 1.29 is 23.5 Å². The highest BCUT2D eigenvalue weighted by Gasteiger charge is 2.29. The number of carbonyl (C=O) groups is 3. The minimum absolute atomic E-state index is 0.0331. The molecule has 0 radical (unpaired) electrons. The Morgan fingerprint density at radius 2 is 2.16 bits per heavy atom. The molecule has 1 aliphatic heterocycles. The van der Waals surface area contributed by atoms with Crippen LogP contribution in [0.5, 0.6) is 0 Å². The van der Waals surface area contributed by atoms with Crippen LogP contribution in [0.2, 0.25) is 0 Å². The standard InChI is InChI=1S/C13H12FNO4/c1-19-13(18)4-8-2-3-9(5-11(8)14)15-7-10(16)6-12(15)17/h2-3,5H,4,6-7H2,1H3. The van der Waals surface area contributed by atoms with Crippen LogP contribution in [-0.4, -0.2) is 31.3 Å². The summed E-state index contributed by atoms with van der Waals surface area (Å²) < 4.78 is 18.2. The van der Waals surface area contributed by atoms with Gasteiger partial charge in [-0.2, -0.15) is 0 Å². The lowest BCUT2D eigenvalue weighted by Gasteiger charge is -2.15. The summed E-state index contributed by atoms with van der Waals surface area (Å²) in [4.78, 5) is 35.0. The fraction of sp³-hybridized carbons (Fsp3) is 0.308. The van der Waals surface area contributed by atoms with Crippen LogP contribution >= 0.6 is 0 Å². The number of methoxy groups -OCH3 is 1. The Morgan fingerprint density at radius 3 is 2.68 bits per heavy atom. The number of ether oxygens (including phenoxy) is 1. The Bertz CT molecular complexity index is 556. The van der Waals surface area contributed by atoms with E-state index in [1.807, 2.05) is 0 Å². The molecule has 100 valence electrons. The highest BCUT2D eigenvalue weighted by molar-refractivity contribution is 6.15. The summed E-state index contributed by atoms with van der Waals surface area (Å²) in [6.45, 7) is -0.0331. The van der Waals surface area contributed by atoms with Crippen LogP contribution in [0.15, 0.2) is 18.2 Å². The first kappa shape index (κ1) is 13.2. The van der Waals surface area contributed by atoms with Crippen molar-refractivity contribution >= 4 is 23.3 Å². The maximum absolute atomic E-state index is 13.8. The first-order valence-corrected chi connectivity index (χ1v) is 5.68. The van der Waals surface area contributed by atoms with Crippen molar-refractivity contribution in [1.82, 2.24) is 0 Å². The Kier molecular flexibility index (Phi) is 3.59. The molecule has 0 aliphatic carbocycles. The molecule has 1 fully saturated rings. The average molecular weight is 265 g/mol. The highest BCUT2D eigenvalue weighted by atomic mass is 19.1. The number of benzene rings is 1. The molecule has 1 heterocycles. The summed E-state index contributed by atoms with van der Waals surface area (Å²) in [5.74, 6) is -1.68. The van der Waals surface area contributed by atoms with Gasteiger partial charge in [0.05, 0.1) is 26.5 Å². The van der Waals surface area contributed by atoms with Crippen LogP contribution in [0.3, 0.4) is 0 Å². The van der Waals surface area contributed by atoms with Gasteiger partial charge in [-0.1, -0.05) is 6.07 Å². The second-order valence-electron chi connectivity index (χ2n) is 4.22. The molecule has 0 N–H and O–H groups in total. The Balaban J connectivity index is 2.21. The molecular formula is C13H12FNO4. The number of esters is 1. The van der Waals surface area contributed by atoms with E-state index in [0.717, 1.165) is 6.07 Å². The van der Waals surface area contributed by atoms with Crippen molar-refractivity contribution in [3.05, 3.63) is 29.6 Å². The van der Waals surface area contributed by atoms with E-state index in [-0.39, 0.29) is 36.6 Å². The van der Waals surface area contributed by atoms with Crippen molar-refractivity contribution in [2.24, 2.45) is 0 Å². The molecule has 1 aromatic carbocycles. The Morgan fingerprint density at radius 1 is 1.42 bits per heavy atom. The summed E-state index contributed by atoms with van der Waals surface area (Å²) in [7, 11) is 1.23. The molecular weight excluding hydrogens is 253 g/mol. The van der Waals surface area contributed by atoms with Crippen molar-refractivity contribution in [2.45, 2.75) is 12.8 Å². The maximum atomic E-state index is 13.8. The number of anilines is 1. The monoisotopic (exact) mass is 265 g/mol. The molecule has 0 aromatic heterocycles. The van der Waals surface area contributed by atoms with E-state index in [9.17, 15) is 18.8 Å². The molecule has 0 saturated carbocycles. The van der Waals surface area contributed by atoms with Crippen molar-refractivity contribution in [3.8, 4) is 0 Å². The van der Waals surface area contributed by atoms with Crippen LogP contribution in [0.25, 0.3) is 0 Å². The third kappa shape index (κ3) is 2.78. The molecule has 0 spiro atoms. The third-order valence-corrected chi connectivity index (χ3v) is 2.89. The lowest BCUT2D eigenvalue weighted by Crippen LogP contribution is -2.24. The number of Topliss-reactive ketones (excluding diaryl/α,β-unsaturated/α-hetero) is 1. The van der Waals surface area contributed by atoms with Gasteiger partial charge < -0.3 is 9.64 Å². The number of amides is 1. The van der Waals surface area contributed by atoms with Gasteiger partial charge in [-0.3, -0.25) is 14.4 Å². The minimum Gasteiger partial charge on any atom is -0.469 e. The van der Waals surface area contributed by atoms with E-state index in [1.165, 1.54) is 24.1 Å². The van der Waals surface area contributed by atoms with Crippen LogP contribution in [0.4, 0.5) is 10.1 Å². The summed E-state index contributed by atoms with van der Waals surface area (Å²) >= 11 is 0. The normalized spacial score (nSPS) is 14.9. The van der Waals surface area contributed by atoms with Crippen LogP contribution in [-0.2, 0) is 25.5 Å². The zero-order valence-electron chi connectivity index (χ0n) is 10.3. The average Bonchev–Trinajstić information content (AvgIpc) is 2.71. The van der Waals surface area contributed by atoms with E-state index in [4.69, 9.17) is 0 Å². The van der Waals surface area contributed by atoms with Crippen molar-refractivity contribution in [3.63, 3.8) is 0 Å². The third-order valence-electron chi connectivity index (χ3n) is 2.89. The number of halogens is 1. The molecule has 5 nitrogen and oxygen atoms in total. The lowest BCUT2D eigenvalue weighted by molar-refractivity contribution is -0.139. The van der Waals surface area contributed by atoms with E-state index in [1.54, 1.807) is 0 Å². The van der Waals surface area contributed by atoms with Gasteiger partial charge in [0.1, 0.15) is 5.82 Å². The molecule has 1 amide bonds. The number of rotatable bonds is 3. The van der Waals surface area contributed by atoms with Crippen molar-refractivity contribution in [2.75, 3.05) is 18.6 Å². The number of nitrogens with zero attached hydrogens (tertiary/aromatic N) is 1. The SMILES string of the molecule is COC(=O)Cc1ccc(N2CC(=O)CC2=O)cc1F. The first-order valence-electron chi connectivity index (χ1n) is 5.68. The summed E-state index contributed by atoms with van der Waals surface area (Å²) in [5, 5.41) is 0. The van der Waals surface area contributed by atoms with Gasteiger partial charge in [-0.05, 0) is 17.7 Å². The molecule has 19 heavy (non-hydrogen) atoms. The van der Waals surface area contributed by atoms with Crippen LogP contribution in [0, 0.1) is 5.82 Å². The van der Waals surface area contributed by atoms with E-state index < -0.39 is 11.8 Å². The molecule has 0 bridgehead atoms. The molecule has 0 unspecified atom stereocenters. The van der Waals surface area contributed by atoms with Gasteiger partial charge in [0.25, 0.3) is 0 Å². The Hall–Kier alpha value is -2.24. The second-order valence-corrected chi connectivity index (χ2v) is 4.22. The summed E-state index contributed by atoms with van der Waals surface area (Å²) in [6, 6.07) is 4.07. The summed E-state index contributed by atoms with van der Waals surface area (Å²) in [5.41, 5.74) is 0.510. The zero-order chi connectivity index (χ0) is 14.0. The largest absolute Gasteiger partial charge is 0.469 e. The number of hydrogen-bond acceptors (Lipinski definition) is 4. The van der Waals surface area contributed by atoms with Crippen molar-refractivity contribution in [1.29, 1.82) is 0 Å². The first-order chi connectivity index (χ1) is 9.01. The molecule has 0 atom stereocenters. The van der Waals surface area contributed by atoms with Gasteiger partial charge in [-0.25, -0.2) is 4.39 Å². The van der Waals surface area contributed by atoms with E-state index in [0.29, 0.717) is 5.69 Å².